The van der Waals surface area contributed by atoms with Gasteiger partial charge in [-0.25, -0.2) is 0 Å². The van der Waals surface area contributed by atoms with Crippen molar-refractivity contribution < 1.29 is 22.8 Å². The molecule has 4 nitrogen and oxygen atoms in total. The zero-order valence-corrected chi connectivity index (χ0v) is 14.2. The van der Waals surface area contributed by atoms with Crippen LogP contribution < -0.4 is 5.32 Å². The number of amides is 2. The number of rotatable bonds is 5. The maximum Gasteiger partial charge on any atom is 0.416 e. The highest BCUT2D eigenvalue weighted by atomic mass is 19.4. The summed E-state index contributed by atoms with van der Waals surface area (Å²) < 4.78 is 38.3. The molecule has 0 aromatic heterocycles. The van der Waals surface area contributed by atoms with Gasteiger partial charge in [0, 0.05) is 25.6 Å². The van der Waals surface area contributed by atoms with Crippen LogP contribution in [0.15, 0.2) is 24.3 Å². The van der Waals surface area contributed by atoms with Gasteiger partial charge in [-0.2, -0.15) is 13.2 Å². The smallest absolute Gasteiger partial charge is 0.352 e. The van der Waals surface area contributed by atoms with Crippen molar-refractivity contribution in [2.45, 2.75) is 51.2 Å². The van der Waals surface area contributed by atoms with Crippen molar-refractivity contribution in [3.05, 3.63) is 35.4 Å². The lowest BCUT2D eigenvalue weighted by molar-refractivity contribution is -0.138. The zero-order valence-electron chi connectivity index (χ0n) is 14.2. The molecule has 0 spiro atoms. The molecule has 0 aliphatic carbocycles. The van der Waals surface area contributed by atoms with Crippen LogP contribution in [0.25, 0.3) is 0 Å². The number of carbonyl (C=O) groups is 2. The van der Waals surface area contributed by atoms with Gasteiger partial charge in [-0.05, 0) is 30.9 Å². The molecule has 0 bridgehead atoms. The highest BCUT2D eigenvalue weighted by molar-refractivity contribution is 5.79. The van der Waals surface area contributed by atoms with Crippen LogP contribution in [0.2, 0.25) is 0 Å². The molecule has 1 N–H and O–H groups in total. The predicted molar refractivity (Wildman–Crippen MR) is 87.8 cm³/mol. The van der Waals surface area contributed by atoms with Crippen LogP contribution in [0.1, 0.15) is 43.7 Å². The van der Waals surface area contributed by atoms with E-state index >= 15 is 0 Å². The van der Waals surface area contributed by atoms with Crippen molar-refractivity contribution in [3.8, 4) is 0 Å². The fraction of sp³-hybridized carbons (Fsp3) is 0.556. The largest absolute Gasteiger partial charge is 0.416 e. The predicted octanol–water partition coefficient (Wildman–Crippen LogP) is 3.16. The molecular formula is C18H23F3N2O2. The lowest BCUT2D eigenvalue weighted by atomic mass is 10.0. The molecule has 1 saturated heterocycles. The highest BCUT2D eigenvalue weighted by Crippen LogP contribution is 2.29. The van der Waals surface area contributed by atoms with E-state index < -0.39 is 11.7 Å². The van der Waals surface area contributed by atoms with Crippen molar-refractivity contribution in [1.82, 2.24) is 10.2 Å². The summed E-state index contributed by atoms with van der Waals surface area (Å²) >= 11 is 0. The molecule has 1 aromatic carbocycles. The molecule has 2 rings (SSSR count). The first-order chi connectivity index (χ1) is 11.8. The zero-order chi connectivity index (χ0) is 18.4. The molecule has 0 saturated carbocycles. The number of hydrogen-bond acceptors (Lipinski definition) is 2. The number of likely N-dealkylation sites (tertiary alicyclic amines) is 1. The van der Waals surface area contributed by atoms with Crippen LogP contribution >= 0.6 is 0 Å². The summed E-state index contributed by atoms with van der Waals surface area (Å²) in [7, 11) is 0. The average molecular weight is 356 g/mol. The Morgan fingerprint density at radius 3 is 2.76 bits per heavy atom. The minimum atomic E-state index is -4.42. The number of benzene rings is 1. The summed E-state index contributed by atoms with van der Waals surface area (Å²) in [5.41, 5.74) is -0.405. The van der Waals surface area contributed by atoms with Gasteiger partial charge in [0.2, 0.25) is 11.8 Å². The molecule has 1 aromatic rings. The second kappa shape index (κ2) is 8.36. The molecule has 0 radical (unpaired) electrons. The Bertz CT molecular complexity index is 617. The highest BCUT2D eigenvalue weighted by Gasteiger charge is 2.31. The Balaban J connectivity index is 1.95. The third kappa shape index (κ3) is 5.76. The quantitative estimate of drug-likeness (QED) is 0.881. The first kappa shape index (κ1) is 19.3. The Hall–Kier alpha value is -2.05. The first-order valence-electron chi connectivity index (χ1n) is 8.53. The third-order valence-electron chi connectivity index (χ3n) is 4.23. The van der Waals surface area contributed by atoms with Crippen molar-refractivity contribution in [2.75, 3.05) is 13.1 Å². The van der Waals surface area contributed by atoms with Gasteiger partial charge in [0.05, 0.1) is 12.0 Å². The van der Waals surface area contributed by atoms with E-state index in [-0.39, 0.29) is 24.3 Å². The van der Waals surface area contributed by atoms with Gasteiger partial charge in [0.1, 0.15) is 0 Å². The molecular weight excluding hydrogens is 333 g/mol. The summed E-state index contributed by atoms with van der Waals surface area (Å²) in [6.45, 7) is 2.90. The standard InChI is InChI=1S/C18H23F3N2O2/c1-2-5-16(24)22-15-8-4-9-23(12-15)17(25)11-13-6-3-7-14(10-13)18(19,20)21/h3,6-7,10,15H,2,4-5,8-9,11-12H2,1H3,(H,22,24). The molecule has 1 atom stereocenters. The number of piperidine rings is 1. The van der Waals surface area contributed by atoms with Crippen LogP contribution in [0, 0.1) is 0 Å². The fourth-order valence-electron chi connectivity index (χ4n) is 2.99. The number of carbonyl (C=O) groups excluding carboxylic acids is 2. The van der Waals surface area contributed by atoms with Gasteiger partial charge >= 0.3 is 6.18 Å². The topological polar surface area (TPSA) is 49.4 Å². The number of halogens is 3. The molecule has 1 aliphatic heterocycles. The first-order valence-corrected chi connectivity index (χ1v) is 8.53. The Morgan fingerprint density at radius 2 is 2.08 bits per heavy atom. The SMILES string of the molecule is CCCC(=O)NC1CCCN(C(=O)Cc2cccc(C(F)(F)F)c2)C1. The van der Waals surface area contributed by atoms with E-state index in [1.54, 1.807) is 4.90 Å². The Labute approximate surface area is 145 Å². The second-order valence-electron chi connectivity index (χ2n) is 6.37. The molecule has 1 aliphatic rings. The fourth-order valence-corrected chi connectivity index (χ4v) is 2.99. The van der Waals surface area contributed by atoms with Gasteiger partial charge < -0.3 is 10.2 Å². The number of nitrogens with one attached hydrogen (secondary N) is 1. The number of nitrogens with zero attached hydrogens (tertiary/aromatic N) is 1. The maximum atomic E-state index is 12.8. The van der Waals surface area contributed by atoms with Gasteiger partial charge in [0.15, 0.2) is 0 Å². The number of alkyl halides is 3. The minimum absolute atomic E-state index is 0.0281. The molecule has 138 valence electrons. The van der Waals surface area contributed by atoms with Crippen LogP contribution in [0.3, 0.4) is 0 Å². The van der Waals surface area contributed by atoms with E-state index in [1.807, 2.05) is 6.92 Å². The molecule has 1 heterocycles. The van der Waals surface area contributed by atoms with E-state index in [9.17, 15) is 22.8 Å². The van der Waals surface area contributed by atoms with E-state index in [1.165, 1.54) is 12.1 Å². The maximum absolute atomic E-state index is 12.8. The molecule has 25 heavy (non-hydrogen) atoms. The summed E-state index contributed by atoms with van der Waals surface area (Å²) in [4.78, 5) is 25.7. The van der Waals surface area contributed by atoms with Gasteiger partial charge in [-0.1, -0.05) is 25.1 Å². The monoisotopic (exact) mass is 356 g/mol. The lowest BCUT2D eigenvalue weighted by Gasteiger charge is -2.33. The van der Waals surface area contributed by atoms with Crippen LogP contribution in [-0.4, -0.2) is 35.8 Å². The summed E-state index contributed by atoms with van der Waals surface area (Å²) in [5, 5.41) is 2.92. The van der Waals surface area contributed by atoms with E-state index in [0.717, 1.165) is 31.4 Å². The minimum Gasteiger partial charge on any atom is -0.352 e. The van der Waals surface area contributed by atoms with Gasteiger partial charge in [-0.15, -0.1) is 0 Å². The number of hydrogen-bond donors (Lipinski definition) is 1. The summed E-state index contributed by atoms with van der Waals surface area (Å²) in [5.74, 6) is -0.242. The van der Waals surface area contributed by atoms with E-state index in [2.05, 4.69) is 5.32 Å². The molecule has 7 heteroatoms. The lowest BCUT2D eigenvalue weighted by Crippen LogP contribution is -2.50. The van der Waals surface area contributed by atoms with Crippen molar-refractivity contribution >= 4 is 11.8 Å². The second-order valence-corrected chi connectivity index (χ2v) is 6.37. The summed E-state index contributed by atoms with van der Waals surface area (Å²) in [6.07, 6.45) is -1.70. The van der Waals surface area contributed by atoms with Crippen LogP contribution in [0.5, 0.6) is 0 Å². The molecule has 1 unspecified atom stereocenters. The average Bonchev–Trinajstić information content (AvgIpc) is 2.54. The molecule has 1 fully saturated rings. The Kier molecular flexibility index (Phi) is 6.45. The van der Waals surface area contributed by atoms with Gasteiger partial charge in [-0.3, -0.25) is 9.59 Å². The van der Waals surface area contributed by atoms with Crippen molar-refractivity contribution in [3.63, 3.8) is 0 Å². The van der Waals surface area contributed by atoms with E-state index in [0.29, 0.717) is 25.1 Å². The van der Waals surface area contributed by atoms with Crippen LogP contribution in [0.4, 0.5) is 13.2 Å². The third-order valence-corrected chi connectivity index (χ3v) is 4.23. The van der Waals surface area contributed by atoms with Crippen molar-refractivity contribution in [1.29, 1.82) is 0 Å². The van der Waals surface area contributed by atoms with Crippen LogP contribution in [-0.2, 0) is 22.2 Å². The van der Waals surface area contributed by atoms with Gasteiger partial charge in [0.25, 0.3) is 0 Å². The Morgan fingerprint density at radius 1 is 1.32 bits per heavy atom. The normalized spacial score (nSPS) is 18.1. The van der Waals surface area contributed by atoms with Crippen molar-refractivity contribution in [2.24, 2.45) is 0 Å². The summed E-state index contributed by atoms with van der Waals surface area (Å²) in [6, 6.07) is 4.77. The molecule has 2 amide bonds. The van der Waals surface area contributed by atoms with E-state index in [4.69, 9.17) is 0 Å².